The van der Waals surface area contributed by atoms with Crippen LogP contribution in [0, 0.1) is 0 Å². The predicted octanol–water partition coefficient (Wildman–Crippen LogP) is 4.19. The second kappa shape index (κ2) is 6.24. The molecule has 2 aromatic heterocycles. The monoisotopic (exact) mass is 429 g/mol. The van der Waals surface area contributed by atoms with E-state index >= 15 is 0 Å². The molecule has 2 N–H and O–H groups in total. The number of para-hydroxylation sites is 1. The van der Waals surface area contributed by atoms with Crippen LogP contribution in [0.2, 0.25) is 0 Å². The molecule has 2 aliphatic rings. The van der Waals surface area contributed by atoms with Crippen LogP contribution in [0.3, 0.4) is 0 Å². The quantitative estimate of drug-likeness (QED) is 0.500. The van der Waals surface area contributed by atoms with Gasteiger partial charge < -0.3 is 10.6 Å². The van der Waals surface area contributed by atoms with Crippen LogP contribution in [0.1, 0.15) is 42.9 Å². The van der Waals surface area contributed by atoms with Gasteiger partial charge in [0.15, 0.2) is 0 Å². The van der Waals surface area contributed by atoms with E-state index in [1.807, 2.05) is 36.4 Å². The van der Waals surface area contributed by atoms with Gasteiger partial charge in [0.2, 0.25) is 16.9 Å². The number of nitrogens with zero attached hydrogens (tertiary/aromatic N) is 3. The van der Waals surface area contributed by atoms with E-state index in [1.165, 1.54) is 11.3 Å². The fourth-order valence-corrected chi connectivity index (χ4v) is 5.50. The van der Waals surface area contributed by atoms with Crippen molar-refractivity contribution in [2.75, 3.05) is 10.6 Å². The van der Waals surface area contributed by atoms with Crippen LogP contribution in [-0.2, 0) is 15.0 Å². The Morgan fingerprint density at radius 3 is 2.74 bits per heavy atom. The lowest BCUT2D eigenvalue weighted by atomic mass is 9.71. The zero-order chi connectivity index (χ0) is 21.3. The van der Waals surface area contributed by atoms with Crippen molar-refractivity contribution in [3.05, 3.63) is 65.4 Å². The molecule has 4 aromatic rings. The molecular weight excluding hydrogens is 410 g/mol. The zero-order valence-electron chi connectivity index (χ0n) is 17.0. The Bertz CT molecular complexity index is 1370. The molecule has 0 saturated carbocycles. The molecule has 7 nitrogen and oxygen atoms in total. The van der Waals surface area contributed by atoms with Crippen molar-refractivity contribution in [1.82, 2.24) is 14.8 Å². The van der Waals surface area contributed by atoms with Crippen molar-refractivity contribution >= 4 is 44.9 Å². The van der Waals surface area contributed by atoms with Crippen molar-refractivity contribution in [2.24, 2.45) is 0 Å². The Labute approximate surface area is 182 Å². The molecule has 1 unspecified atom stereocenters. The lowest BCUT2D eigenvalue weighted by Gasteiger charge is -2.31. The molecule has 4 heterocycles. The maximum Gasteiger partial charge on any atom is 0.240 e. The highest BCUT2D eigenvalue weighted by atomic mass is 32.1. The highest BCUT2D eigenvalue weighted by molar-refractivity contribution is 7.20. The Morgan fingerprint density at radius 1 is 1.10 bits per heavy atom. The van der Waals surface area contributed by atoms with E-state index < -0.39 is 5.41 Å². The van der Waals surface area contributed by atoms with Crippen LogP contribution < -0.4 is 10.6 Å². The van der Waals surface area contributed by atoms with Gasteiger partial charge in [-0.15, -0.1) is 0 Å². The smallest absolute Gasteiger partial charge is 0.240 e. The summed E-state index contributed by atoms with van der Waals surface area (Å²) < 4.78 is 2.67. The van der Waals surface area contributed by atoms with E-state index in [1.54, 1.807) is 10.9 Å². The summed E-state index contributed by atoms with van der Waals surface area (Å²) in [5.41, 5.74) is 3.19. The number of hydrogen-bond acceptors (Lipinski definition) is 5. The number of benzene rings is 2. The number of aromatic nitrogens is 3. The molecule has 0 radical (unpaired) electrons. The molecule has 2 aliphatic heterocycles. The van der Waals surface area contributed by atoms with Gasteiger partial charge in [-0.05, 0) is 35.2 Å². The molecule has 0 fully saturated rings. The second-order valence-electron chi connectivity index (χ2n) is 8.33. The molecular formula is C23H19N5O2S. The summed E-state index contributed by atoms with van der Waals surface area (Å²) in [5, 5.41) is 11.1. The molecule has 0 saturated heterocycles. The van der Waals surface area contributed by atoms with E-state index in [2.05, 4.69) is 40.6 Å². The number of anilines is 2. The summed E-state index contributed by atoms with van der Waals surface area (Å²) in [6.07, 6.45) is 1.74. The summed E-state index contributed by atoms with van der Waals surface area (Å²) in [7, 11) is 0. The van der Waals surface area contributed by atoms with Gasteiger partial charge in [0.05, 0.1) is 16.4 Å². The van der Waals surface area contributed by atoms with Crippen molar-refractivity contribution in [2.45, 2.75) is 31.6 Å². The number of nitrogens with one attached hydrogen (secondary N) is 2. The first-order valence-corrected chi connectivity index (χ1v) is 11.0. The van der Waals surface area contributed by atoms with Gasteiger partial charge in [0.25, 0.3) is 0 Å². The van der Waals surface area contributed by atoms with E-state index in [-0.39, 0.29) is 18.2 Å². The molecule has 8 heteroatoms. The minimum Gasteiger partial charge on any atom is -0.325 e. The average Bonchev–Trinajstić information content (AvgIpc) is 3.42. The minimum absolute atomic E-state index is 0.0475. The topological polar surface area (TPSA) is 88.9 Å². The third-order valence-corrected chi connectivity index (χ3v) is 7.19. The number of amides is 2. The number of carbonyl (C=O) groups excluding carboxylic acids is 2. The Morgan fingerprint density at radius 2 is 1.94 bits per heavy atom. The van der Waals surface area contributed by atoms with Crippen molar-refractivity contribution in [3.63, 3.8) is 0 Å². The SMILES string of the molecule is CC(C)c1ccc2c(c1)C1(CC(=O)Nc3c1cnn3-c1nc3ccccc3s1)C(=O)N2. The fraction of sp³-hybridized carbons (Fsp3) is 0.217. The van der Waals surface area contributed by atoms with Crippen LogP contribution in [0.15, 0.2) is 48.7 Å². The average molecular weight is 430 g/mol. The highest BCUT2D eigenvalue weighted by Gasteiger charge is 2.54. The van der Waals surface area contributed by atoms with Crippen LogP contribution >= 0.6 is 11.3 Å². The van der Waals surface area contributed by atoms with Crippen LogP contribution in [0.5, 0.6) is 0 Å². The maximum absolute atomic E-state index is 13.3. The van der Waals surface area contributed by atoms with Crippen molar-refractivity contribution in [1.29, 1.82) is 0 Å². The predicted molar refractivity (Wildman–Crippen MR) is 120 cm³/mol. The summed E-state index contributed by atoms with van der Waals surface area (Å²) in [5.74, 6) is 0.408. The summed E-state index contributed by atoms with van der Waals surface area (Å²) in [4.78, 5) is 30.9. The number of thiazole rings is 1. The van der Waals surface area contributed by atoms with Crippen LogP contribution in [0.25, 0.3) is 15.3 Å². The molecule has 2 amide bonds. The standard InChI is InChI=1S/C23H19N5O2S/c1-12(2)13-7-8-16-14(9-13)23(21(30)25-16)10-19(29)27-20-15(23)11-24-28(20)22-26-17-5-3-4-6-18(17)31-22/h3-9,11-12H,10H2,1-2H3,(H,25,30)(H,27,29). The Hall–Kier alpha value is -3.52. The number of carbonyl (C=O) groups is 2. The molecule has 154 valence electrons. The first kappa shape index (κ1) is 18.3. The van der Waals surface area contributed by atoms with Gasteiger partial charge in [-0.2, -0.15) is 9.78 Å². The lowest BCUT2D eigenvalue weighted by Crippen LogP contribution is -2.43. The van der Waals surface area contributed by atoms with Gasteiger partial charge in [-0.3, -0.25) is 9.59 Å². The Balaban J connectivity index is 1.58. The van der Waals surface area contributed by atoms with Gasteiger partial charge in [0.1, 0.15) is 11.2 Å². The molecule has 1 spiro atoms. The van der Waals surface area contributed by atoms with E-state index in [0.29, 0.717) is 22.4 Å². The third-order valence-electron chi connectivity index (χ3n) is 6.18. The molecule has 0 aliphatic carbocycles. The molecule has 6 rings (SSSR count). The third kappa shape index (κ3) is 2.45. The van der Waals surface area contributed by atoms with E-state index in [4.69, 9.17) is 0 Å². The van der Waals surface area contributed by atoms with Gasteiger partial charge >= 0.3 is 0 Å². The molecule has 0 bridgehead atoms. The van der Waals surface area contributed by atoms with Crippen molar-refractivity contribution < 1.29 is 9.59 Å². The van der Waals surface area contributed by atoms with Gasteiger partial charge in [-0.1, -0.05) is 49.4 Å². The molecule has 2 aromatic carbocycles. The highest BCUT2D eigenvalue weighted by Crippen LogP contribution is 2.50. The maximum atomic E-state index is 13.3. The van der Waals surface area contributed by atoms with Gasteiger partial charge in [0, 0.05) is 17.7 Å². The number of fused-ring (bicyclic) bond motifs is 5. The normalized spacial score (nSPS) is 19.6. The summed E-state index contributed by atoms with van der Waals surface area (Å²) in [6, 6.07) is 13.9. The fourth-order valence-electron chi connectivity index (χ4n) is 4.57. The van der Waals surface area contributed by atoms with Gasteiger partial charge in [-0.25, -0.2) is 4.98 Å². The minimum atomic E-state index is -1.09. The zero-order valence-corrected chi connectivity index (χ0v) is 17.8. The van der Waals surface area contributed by atoms with E-state index in [0.717, 1.165) is 27.0 Å². The first-order chi connectivity index (χ1) is 15.0. The summed E-state index contributed by atoms with van der Waals surface area (Å²) in [6.45, 7) is 4.23. The molecule has 31 heavy (non-hydrogen) atoms. The lowest BCUT2D eigenvalue weighted by molar-refractivity contribution is -0.125. The summed E-state index contributed by atoms with van der Waals surface area (Å²) >= 11 is 1.49. The van der Waals surface area contributed by atoms with Crippen LogP contribution in [-0.4, -0.2) is 26.6 Å². The first-order valence-electron chi connectivity index (χ1n) is 10.2. The van der Waals surface area contributed by atoms with Crippen molar-refractivity contribution in [3.8, 4) is 5.13 Å². The van der Waals surface area contributed by atoms with Crippen LogP contribution in [0.4, 0.5) is 11.5 Å². The Kier molecular flexibility index (Phi) is 3.68. The number of hydrogen-bond donors (Lipinski definition) is 2. The largest absolute Gasteiger partial charge is 0.325 e. The van der Waals surface area contributed by atoms with E-state index in [9.17, 15) is 9.59 Å². The molecule has 1 atom stereocenters. The number of rotatable bonds is 2. The second-order valence-corrected chi connectivity index (χ2v) is 9.34.